The SMILES string of the molecule is C[S@](=O)c1ccc(N[C@@H]2[C@H]3CCO[C@H]3C23CCC3)cc1. The Morgan fingerprint density at radius 1 is 1.30 bits per heavy atom. The van der Waals surface area contributed by atoms with Crippen molar-refractivity contribution < 1.29 is 8.95 Å². The van der Waals surface area contributed by atoms with Crippen molar-refractivity contribution in [3.05, 3.63) is 24.3 Å². The van der Waals surface area contributed by atoms with Gasteiger partial charge in [-0.3, -0.25) is 4.21 Å². The molecule has 0 amide bonds. The number of fused-ring (bicyclic) bond motifs is 2. The number of rotatable bonds is 3. The molecule has 4 atom stereocenters. The zero-order valence-electron chi connectivity index (χ0n) is 11.8. The first-order valence-electron chi connectivity index (χ1n) is 7.52. The Kier molecular flexibility index (Phi) is 2.93. The van der Waals surface area contributed by atoms with Crippen LogP contribution in [0.1, 0.15) is 25.7 Å². The molecule has 3 fully saturated rings. The van der Waals surface area contributed by atoms with Gasteiger partial charge in [0.05, 0.1) is 6.10 Å². The van der Waals surface area contributed by atoms with Crippen LogP contribution in [-0.2, 0) is 15.5 Å². The topological polar surface area (TPSA) is 38.3 Å². The Morgan fingerprint density at radius 3 is 2.65 bits per heavy atom. The van der Waals surface area contributed by atoms with Gasteiger partial charge in [-0.15, -0.1) is 0 Å². The van der Waals surface area contributed by atoms with E-state index in [0.29, 0.717) is 23.5 Å². The lowest BCUT2D eigenvalue weighted by Gasteiger charge is -2.63. The molecule has 0 radical (unpaired) electrons. The number of anilines is 1. The maximum Gasteiger partial charge on any atom is 0.0699 e. The van der Waals surface area contributed by atoms with Gasteiger partial charge in [-0.2, -0.15) is 0 Å². The maximum absolute atomic E-state index is 11.4. The number of nitrogens with one attached hydrogen (secondary N) is 1. The first-order valence-corrected chi connectivity index (χ1v) is 9.08. The Morgan fingerprint density at radius 2 is 2.05 bits per heavy atom. The van der Waals surface area contributed by atoms with Crippen LogP contribution in [0.2, 0.25) is 0 Å². The minimum atomic E-state index is -0.896. The Labute approximate surface area is 122 Å². The molecule has 3 nitrogen and oxygen atoms in total. The fourth-order valence-electron chi connectivity index (χ4n) is 4.38. The smallest absolute Gasteiger partial charge is 0.0699 e. The van der Waals surface area contributed by atoms with Crippen LogP contribution in [-0.4, -0.2) is 29.2 Å². The second kappa shape index (κ2) is 4.57. The summed E-state index contributed by atoms with van der Waals surface area (Å²) >= 11 is 0. The van der Waals surface area contributed by atoms with Crippen molar-refractivity contribution in [2.45, 2.75) is 42.7 Å². The van der Waals surface area contributed by atoms with Crippen LogP contribution < -0.4 is 5.32 Å². The molecule has 2 saturated carbocycles. The lowest BCUT2D eigenvalue weighted by atomic mass is 9.46. The first kappa shape index (κ1) is 12.8. The molecule has 20 heavy (non-hydrogen) atoms. The van der Waals surface area contributed by atoms with Crippen LogP contribution in [0.25, 0.3) is 0 Å². The monoisotopic (exact) mass is 291 g/mol. The number of benzene rings is 1. The summed E-state index contributed by atoms with van der Waals surface area (Å²) < 4.78 is 17.4. The van der Waals surface area contributed by atoms with Gasteiger partial charge in [0, 0.05) is 51.6 Å². The summed E-state index contributed by atoms with van der Waals surface area (Å²) in [6.07, 6.45) is 7.39. The van der Waals surface area contributed by atoms with Gasteiger partial charge in [-0.1, -0.05) is 6.42 Å². The third kappa shape index (κ3) is 1.70. The average molecular weight is 291 g/mol. The lowest BCUT2D eigenvalue weighted by molar-refractivity contribution is -0.158. The molecule has 0 unspecified atom stereocenters. The molecule has 1 aromatic rings. The predicted octanol–water partition coefficient (Wildman–Crippen LogP) is 2.79. The van der Waals surface area contributed by atoms with E-state index in [-0.39, 0.29) is 0 Å². The highest BCUT2D eigenvalue weighted by atomic mass is 32.2. The summed E-state index contributed by atoms with van der Waals surface area (Å²) in [5.74, 6) is 0.690. The van der Waals surface area contributed by atoms with Crippen molar-refractivity contribution in [2.75, 3.05) is 18.2 Å². The van der Waals surface area contributed by atoms with Crippen LogP contribution in [0.3, 0.4) is 0 Å². The molecule has 1 aromatic carbocycles. The highest BCUT2D eigenvalue weighted by Gasteiger charge is 2.66. The zero-order valence-corrected chi connectivity index (χ0v) is 12.6. The first-order chi connectivity index (χ1) is 9.71. The van der Waals surface area contributed by atoms with Crippen LogP contribution in [0.4, 0.5) is 5.69 Å². The van der Waals surface area contributed by atoms with Crippen LogP contribution in [0.15, 0.2) is 29.2 Å². The van der Waals surface area contributed by atoms with E-state index in [1.165, 1.54) is 25.7 Å². The molecule has 1 heterocycles. The van der Waals surface area contributed by atoms with E-state index in [2.05, 4.69) is 17.4 Å². The van der Waals surface area contributed by atoms with Gasteiger partial charge in [0.1, 0.15) is 0 Å². The van der Waals surface area contributed by atoms with Crippen LogP contribution in [0, 0.1) is 11.3 Å². The number of hydrogen-bond donors (Lipinski definition) is 1. The van der Waals surface area contributed by atoms with Gasteiger partial charge < -0.3 is 10.1 Å². The number of ether oxygens (including phenoxy) is 1. The molecule has 108 valence electrons. The maximum atomic E-state index is 11.4. The van der Waals surface area contributed by atoms with E-state index in [9.17, 15) is 4.21 Å². The van der Waals surface area contributed by atoms with Crippen molar-refractivity contribution in [3.63, 3.8) is 0 Å². The lowest BCUT2D eigenvalue weighted by Crippen LogP contribution is -2.68. The van der Waals surface area contributed by atoms with E-state index in [1.807, 2.05) is 12.1 Å². The third-order valence-corrected chi connectivity index (χ3v) is 6.48. The molecular formula is C16H21NO2S. The van der Waals surface area contributed by atoms with E-state index in [4.69, 9.17) is 4.74 Å². The fourth-order valence-corrected chi connectivity index (χ4v) is 4.90. The van der Waals surface area contributed by atoms with Crippen molar-refractivity contribution in [3.8, 4) is 0 Å². The van der Waals surface area contributed by atoms with Gasteiger partial charge in [0.15, 0.2) is 0 Å². The second-order valence-corrected chi connectivity index (χ2v) is 7.81. The zero-order chi connectivity index (χ0) is 13.7. The quantitative estimate of drug-likeness (QED) is 0.930. The summed E-state index contributed by atoms with van der Waals surface area (Å²) in [6.45, 7) is 0.934. The largest absolute Gasteiger partial charge is 0.381 e. The summed E-state index contributed by atoms with van der Waals surface area (Å²) in [5, 5.41) is 3.73. The second-order valence-electron chi connectivity index (χ2n) is 6.43. The molecule has 1 saturated heterocycles. The predicted molar refractivity (Wildman–Crippen MR) is 80.3 cm³/mol. The molecule has 2 aliphatic carbocycles. The van der Waals surface area contributed by atoms with Crippen LogP contribution in [0.5, 0.6) is 0 Å². The minimum absolute atomic E-state index is 0.410. The summed E-state index contributed by atoms with van der Waals surface area (Å²) in [6, 6.07) is 8.63. The molecule has 3 aliphatic rings. The van der Waals surface area contributed by atoms with E-state index >= 15 is 0 Å². The number of hydrogen-bond acceptors (Lipinski definition) is 3. The summed E-state index contributed by atoms with van der Waals surface area (Å²) in [4.78, 5) is 0.893. The van der Waals surface area contributed by atoms with Crippen molar-refractivity contribution >= 4 is 16.5 Å². The molecule has 1 N–H and O–H groups in total. The summed E-state index contributed by atoms with van der Waals surface area (Å²) in [5.41, 5.74) is 1.56. The molecule has 4 heteroatoms. The van der Waals surface area contributed by atoms with Gasteiger partial charge in [-0.25, -0.2) is 0 Å². The van der Waals surface area contributed by atoms with E-state index in [0.717, 1.165) is 17.2 Å². The molecule has 1 spiro atoms. The van der Waals surface area contributed by atoms with Crippen molar-refractivity contribution in [2.24, 2.45) is 11.3 Å². The van der Waals surface area contributed by atoms with Crippen molar-refractivity contribution in [1.82, 2.24) is 0 Å². The van der Waals surface area contributed by atoms with Gasteiger partial charge >= 0.3 is 0 Å². The summed E-state index contributed by atoms with van der Waals surface area (Å²) in [7, 11) is -0.896. The highest BCUT2D eigenvalue weighted by molar-refractivity contribution is 7.84. The Hall–Kier alpha value is -0.870. The highest BCUT2D eigenvalue weighted by Crippen LogP contribution is 2.63. The normalized spacial score (nSPS) is 35.0. The van der Waals surface area contributed by atoms with Crippen molar-refractivity contribution in [1.29, 1.82) is 0 Å². The average Bonchev–Trinajstić information content (AvgIpc) is 2.80. The molecular weight excluding hydrogens is 270 g/mol. The molecule has 4 rings (SSSR count). The van der Waals surface area contributed by atoms with E-state index in [1.54, 1.807) is 6.26 Å². The fraction of sp³-hybridized carbons (Fsp3) is 0.625. The Balaban J connectivity index is 1.52. The van der Waals surface area contributed by atoms with Gasteiger partial charge in [0.25, 0.3) is 0 Å². The third-order valence-electron chi connectivity index (χ3n) is 5.54. The van der Waals surface area contributed by atoms with E-state index < -0.39 is 10.8 Å². The molecule has 1 aliphatic heterocycles. The van der Waals surface area contributed by atoms with Gasteiger partial charge in [-0.05, 0) is 43.5 Å². The Bertz CT molecular complexity index is 538. The standard InChI is InChI=1S/C16H21NO2S/c1-20(18)12-5-3-11(4-6-12)17-14-13-7-10-19-15(13)16(14)8-2-9-16/h3-6,13-15,17H,2,7-10H2,1H3/t13-,14-,15-,20+/m1/s1. The van der Waals surface area contributed by atoms with Gasteiger partial charge in [0.2, 0.25) is 0 Å². The molecule has 0 bridgehead atoms. The minimum Gasteiger partial charge on any atom is -0.381 e. The van der Waals surface area contributed by atoms with Crippen LogP contribution >= 0.6 is 0 Å². The molecule has 0 aromatic heterocycles.